The first-order valence-corrected chi connectivity index (χ1v) is 8.65. The summed E-state index contributed by atoms with van der Waals surface area (Å²) in [6.45, 7) is 6.38. The van der Waals surface area contributed by atoms with Crippen LogP contribution in [0.1, 0.15) is 40.2 Å². The van der Waals surface area contributed by atoms with E-state index >= 15 is 0 Å². The molecule has 2 aromatic heterocycles. The normalized spacial score (nSPS) is 16.8. The predicted octanol–water partition coefficient (Wildman–Crippen LogP) is 1.80. The van der Waals surface area contributed by atoms with Crippen LogP contribution in [0.5, 0.6) is 0 Å². The number of carbonyl (C=O) groups is 1. The van der Waals surface area contributed by atoms with Gasteiger partial charge in [0.2, 0.25) is 0 Å². The lowest BCUT2D eigenvalue weighted by Crippen LogP contribution is -2.37. The molecule has 1 aliphatic rings. The Labute approximate surface area is 158 Å². The summed E-state index contributed by atoms with van der Waals surface area (Å²) in [5.41, 5.74) is 1.27. The van der Waals surface area contributed by atoms with Crippen molar-refractivity contribution < 1.29 is 9.32 Å². The number of halogens is 1. The molecule has 26 heavy (non-hydrogen) atoms. The van der Waals surface area contributed by atoms with E-state index in [4.69, 9.17) is 4.52 Å². The average Bonchev–Trinajstić information content (AvgIpc) is 3.02. The maximum atomic E-state index is 12.8. The van der Waals surface area contributed by atoms with Crippen LogP contribution >= 0.6 is 12.4 Å². The van der Waals surface area contributed by atoms with Gasteiger partial charge in [-0.3, -0.25) is 9.59 Å². The van der Waals surface area contributed by atoms with Crippen LogP contribution in [0.2, 0.25) is 0 Å². The Morgan fingerprint density at radius 2 is 2.27 bits per heavy atom. The van der Waals surface area contributed by atoms with Crippen molar-refractivity contribution in [2.75, 3.05) is 13.1 Å². The van der Waals surface area contributed by atoms with Crippen molar-refractivity contribution in [3.05, 3.63) is 51.3 Å². The van der Waals surface area contributed by atoms with E-state index in [1.165, 1.54) is 0 Å². The Balaban J connectivity index is 0.00000243. The molecule has 0 radical (unpaired) electrons. The topological polar surface area (TPSA) is 89.2 Å². The molecule has 0 aliphatic carbocycles. The van der Waals surface area contributed by atoms with E-state index in [1.54, 1.807) is 30.7 Å². The molecule has 142 valence electrons. The molecule has 2 aromatic rings. The standard InChI is InChI=1S/C18H24N4O3.ClH/c1-12-5-7-22(11-14-4-3-6-19-9-14)18(24)16(12)17(23)20-10-15-8-13(2)25-21-15;/h5,7-8,14,19H,3-4,6,9-11H2,1-2H3,(H,20,23);1H. The summed E-state index contributed by atoms with van der Waals surface area (Å²) in [5.74, 6) is 0.728. The molecule has 2 N–H and O–H groups in total. The first-order valence-electron chi connectivity index (χ1n) is 8.65. The molecule has 1 fully saturated rings. The lowest BCUT2D eigenvalue weighted by Gasteiger charge is -2.23. The minimum absolute atomic E-state index is 0. The molecule has 0 bridgehead atoms. The minimum atomic E-state index is -0.376. The van der Waals surface area contributed by atoms with Gasteiger partial charge in [-0.2, -0.15) is 0 Å². The number of carbonyl (C=O) groups excluding carboxylic acids is 1. The van der Waals surface area contributed by atoms with Gasteiger partial charge in [-0.15, -0.1) is 12.4 Å². The largest absolute Gasteiger partial charge is 0.361 e. The van der Waals surface area contributed by atoms with E-state index in [0.717, 1.165) is 25.9 Å². The van der Waals surface area contributed by atoms with Gasteiger partial charge in [0.25, 0.3) is 11.5 Å². The monoisotopic (exact) mass is 380 g/mol. The van der Waals surface area contributed by atoms with Gasteiger partial charge in [0, 0.05) is 18.8 Å². The van der Waals surface area contributed by atoms with Crippen molar-refractivity contribution in [1.82, 2.24) is 20.4 Å². The maximum absolute atomic E-state index is 12.8. The van der Waals surface area contributed by atoms with E-state index in [1.807, 2.05) is 6.07 Å². The fraction of sp³-hybridized carbons (Fsp3) is 0.500. The summed E-state index contributed by atoms with van der Waals surface area (Å²) in [7, 11) is 0. The second-order valence-electron chi connectivity index (χ2n) is 6.66. The second-order valence-corrected chi connectivity index (χ2v) is 6.66. The Morgan fingerprint density at radius 1 is 1.46 bits per heavy atom. The highest BCUT2D eigenvalue weighted by Crippen LogP contribution is 2.12. The minimum Gasteiger partial charge on any atom is -0.361 e. The van der Waals surface area contributed by atoms with Crippen molar-refractivity contribution >= 4 is 18.3 Å². The van der Waals surface area contributed by atoms with Crippen LogP contribution in [0.25, 0.3) is 0 Å². The van der Waals surface area contributed by atoms with Crippen LogP contribution in [0.4, 0.5) is 0 Å². The van der Waals surface area contributed by atoms with Gasteiger partial charge in [-0.1, -0.05) is 5.16 Å². The fourth-order valence-corrected chi connectivity index (χ4v) is 3.20. The van der Waals surface area contributed by atoms with E-state index in [9.17, 15) is 9.59 Å². The van der Waals surface area contributed by atoms with Gasteiger partial charge in [0.15, 0.2) is 0 Å². The van der Waals surface area contributed by atoms with Crippen molar-refractivity contribution in [2.45, 2.75) is 39.8 Å². The number of rotatable bonds is 5. The summed E-state index contributed by atoms with van der Waals surface area (Å²) in [4.78, 5) is 25.3. The summed E-state index contributed by atoms with van der Waals surface area (Å²) in [6.07, 6.45) is 4.00. The number of piperidine rings is 1. The first-order chi connectivity index (χ1) is 12.0. The summed E-state index contributed by atoms with van der Waals surface area (Å²) >= 11 is 0. The highest BCUT2D eigenvalue weighted by Gasteiger charge is 2.19. The van der Waals surface area contributed by atoms with Crippen molar-refractivity contribution in [3.63, 3.8) is 0 Å². The second kappa shape index (κ2) is 9.00. The van der Waals surface area contributed by atoms with Gasteiger partial charge >= 0.3 is 0 Å². The Hall–Kier alpha value is -2.12. The Kier molecular flexibility index (Phi) is 6.99. The summed E-state index contributed by atoms with van der Waals surface area (Å²) in [5, 5.41) is 9.95. The van der Waals surface area contributed by atoms with Crippen molar-refractivity contribution in [2.24, 2.45) is 5.92 Å². The van der Waals surface area contributed by atoms with Crippen LogP contribution < -0.4 is 16.2 Å². The van der Waals surface area contributed by atoms with Gasteiger partial charge in [0.05, 0.1) is 6.54 Å². The van der Waals surface area contributed by atoms with Gasteiger partial charge < -0.3 is 19.7 Å². The van der Waals surface area contributed by atoms with E-state index < -0.39 is 0 Å². The van der Waals surface area contributed by atoms with Crippen LogP contribution in [0.15, 0.2) is 27.6 Å². The van der Waals surface area contributed by atoms with Crippen molar-refractivity contribution in [3.8, 4) is 0 Å². The summed E-state index contributed by atoms with van der Waals surface area (Å²) in [6, 6.07) is 3.58. The molecule has 1 amide bonds. The first kappa shape index (κ1) is 20.2. The molecule has 3 heterocycles. The third-order valence-corrected chi connectivity index (χ3v) is 4.56. The molecular formula is C18H25ClN4O3. The Morgan fingerprint density at radius 3 is 2.92 bits per heavy atom. The van der Waals surface area contributed by atoms with E-state index in [-0.39, 0.29) is 36.0 Å². The molecule has 1 unspecified atom stereocenters. The third kappa shape index (κ3) is 4.74. The molecule has 1 aliphatic heterocycles. The maximum Gasteiger partial charge on any atom is 0.263 e. The highest BCUT2D eigenvalue weighted by atomic mass is 35.5. The molecule has 1 saturated heterocycles. The highest BCUT2D eigenvalue weighted by molar-refractivity contribution is 5.95. The molecule has 7 nitrogen and oxygen atoms in total. The number of aromatic nitrogens is 2. The molecule has 3 rings (SSSR count). The number of hydrogen-bond donors (Lipinski definition) is 2. The molecule has 0 saturated carbocycles. The average molecular weight is 381 g/mol. The van der Waals surface area contributed by atoms with Crippen LogP contribution in [-0.2, 0) is 13.1 Å². The van der Waals surface area contributed by atoms with Crippen LogP contribution in [-0.4, -0.2) is 28.7 Å². The number of nitrogens with zero attached hydrogens (tertiary/aromatic N) is 2. The molecule has 0 spiro atoms. The lowest BCUT2D eigenvalue weighted by molar-refractivity contribution is 0.0947. The zero-order chi connectivity index (χ0) is 17.8. The van der Waals surface area contributed by atoms with Gasteiger partial charge in [-0.25, -0.2) is 0 Å². The number of hydrogen-bond acceptors (Lipinski definition) is 5. The van der Waals surface area contributed by atoms with Crippen LogP contribution in [0.3, 0.4) is 0 Å². The number of amides is 1. The molecular weight excluding hydrogens is 356 g/mol. The van der Waals surface area contributed by atoms with Gasteiger partial charge in [0.1, 0.15) is 17.0 Å². The number of aryl methyl sites for hydroxylation is 2. The smallest absolute Gasteiger partial charge is 0.263 e. The molecule has 0 aromatic carbocycles. The zero-order valence-electron chi connectivity index (χ0n) is 15.1. The van der Waals surface area contributed by atoms with Gasteiger partial charge in [-0.05, 0) is 57.3 Å². The number of nitrogens with one attached hydrogen (secondary N) is 2. The lowest BCUT2D eigenvalue weighted by atomic mass is 9.99. The molecule has 1 atom stereocenters. The molecule has 8 heteroatoms. The summed E-state index contributed by atoms with van der Waals surface area (Å²) < 4.78 is 6.63. The predicted molar refractivity (Wildman–Crippen MR) is 101 cm³/mol. The van der Waals surface area contributed by atoms with E-state index in [2.05, 4.69) is 15.8 Å². The SMILES string of the molecule is Cc1cc(CNC(=O)c2c(C)ccn(CC3CCCNC3)c2=O)no1.Cl. The fourth-order valence-electron chi connectivity index (χ4n) is 3.20. The van der Waals surface area contributed by atoms with Crippen molar-refractivity contribution in [1.29, 1.82) is 0 Å². The Bertz CT molecular complexity index is 809. The quantitative estimate of drug-likeness (QED) is 0.825. The number of pyridine rings is 1. The third-order valence-electron chi connectivity index (χ3n) is 4.56. The van der Waals surface area contributed by atoms with E-state index in [0.29, 0.717) is 29.5 Å². The zero-order valence-corrected chi connectivity index (χ0v) is 15.9. The van der Waals surface area contributed by atoms with Crippen LogP contribution in [0, 0.1) is 19.8 Å².